The number of nitrogens with two attached hydrogens (primary N) is 1. The van der Waals surface area contributed by atoms with E-state index in [1.54, 1.807) is 6.07 Å². The van der Waals surface area contributed by atoms with Crippen molar-refractivity contribution >= 4 is 11.6 Å². The third kappa shape index (κ3) is 3.73. The molecule has 1 aromatic rings. The third-order valence-corrected chi connectivity index (χ3v) is 5.15. The van der Waals surface area contributed by atoms with Gasteiger partial charge in [-0.2, -0.15) is 0 Å². The zero-order valence-corrected chi connectivity index (χ0v) is 13.1. The number of hydrogen-bond acceptors (Lipinski definition) is 1. The van der Waals surface area contributed by atoms with E-state index in [0.29, 0.717) is 6.54 Å². The molecule has 112 valence electrons. The second kappa shape index (κ2) is 6.91. The van der Waals surface area contributed by atoms with E-state index in [1.165, 1.54) is 44.6 Å². The van der Waals surface area contributed by atoms with Crippen molar-refractivity contribution in [3.8, 4) is 0 Å². The van der Waals surface area contributed by atoms with Gasteiger partial charge in [-0.1, -0.05) is 37.4 Å². The van der Waals surface area contributed by atoms with Gasteiger partial charge in [0.2, 0.25) is 0 Å². The van der Waals surface area contributed by atoms with E-state index in [2.05, 4.69) is 6.92 Å². The predicted molar refractivity (Wildman–Crippen MR) is 83.5 cm³/mol. The summed E-state index contributed by atoms with van der Waals surface area (Å²) in [5, 5.41) is 0.217. The summed E-state index contributed by atoms with van der Waals surface area (Å²) >= 11 is 5.88. The predicted octanol–water partition coefficient (Wildman–Crippen LogP) is 4.96. The zero-order valence-electron chi connectivity index (χ0n) is 12.3. The lowest BCUT2D eigenvalue weighted by molar-refractivity contribution is 0.151. The summed E-state index contributed by atoms with van der Waals surface area (Å²) in [6, 6.07) is 5.06. The highest BCUT2D eigenvalue weighted by Crippen LogP contribution is 2.42. The monoisotopic (exact) mass is 297 g/mol. The fraction of sp³-hybridized carbons (Fsp3) is 0.647. The molecular formula is C17H25ClFN. The van der Waals surface area contributed by atoms with Gasteiger partial charge in [0.25, 0.3) is 0 Å². The van der Waals surface area contributed by atoms with Gasteiger partial charge in [0.1, 0.15) is 5.82 Å². The van der Waals surface area contributed by atoms with Gasteiger partial charge in [-0.25, -0.2) is 4.39 Å². The lowest BCUT2D eigenvalue weighted by Gasteiger charge is -2.40. The lowest BCUT2D eigenvalue weighted by Crippen LogP contribution is -2.36. The van der Waals surface area contributed by atoms with Crippen LogP contribution in [0.1, 0.15) is 51.0 Å². The summed E-state index contributed by atoms with van der Waals surface area (Å²) < 4.78 is 13.2. The van der Waals surface area contributed by atoms with E-state index >= 15 is 0 Å². The number of benzene rings is 1. The Kier molecular flexibility index (Phi) is 5.45. The van der Waals surface area contributed by atoms with Gasteiger partial charge in [-0.05, 0) is 67.7 Å². The largest absolute Gasteiger partial charge is 0.330 e. The zero-order chi connectivity index (χ0) is 14.6. The minimum Gasteiger partial charge on any atom is -0.330 e. The van der Waals surface area contributed by atoms with Crippen LogP contribution in [0.3, 0.4) is 0 Å². The minimum absolute atomic E-state index is 0.186. The van der Waals surface area contributed by atoms with E-state index < -0.39 is 0 Å². The molecule has 1 saturated carbocycles. The Morgan fingerprint density at radius 1 is 1.35 bits per heavy atom. The van der Waals surface area contributed by atoms with Crippen LogP contribution >= 0.6 is 11.6 Å². The Hall–Kier alpha value is -0.600. The van der Waals surface area contributed by atoms with Crippen molar-refractivity contribution in [1.29, 1.82) is 0 Å². The molecule has 0 unspecified atom stereocenters. The fourth-order valence-corrected chi connectivity index (χ4v) is 3.73. The quantitative estimate of drug-likeness (QED) is 0.817. The van der Waals surface area contributed by atoms with Crippen molar-refractivity contribution in [3.63, 3.8) is 0 Å². The van der Waals surface area contributed by atoms with Crippen molar-refractivity contribution in [3.05, 3.63) is 34.6 Å². The average molecular weight is 298 g/mol. The smallest absolute Gasteiger partial charge is 0.141 e. The van der Waals surface area contributed by atoms with Crippen LogP contribution in [-0.2, 0) is 6.42 Å². The first-order valence-electron chi connectivity index (χ1n) is 7.72. The first-order valence-corrected chi connectivity index (χ1v) is 8.10. The molecular weight excluding hydrogens is 273 g/mol. The van der Waals surface area contributed by atoms with Gasteiger partial charge in [0, 0.05) is 0 Å². The summed E-state index contributed by atoms with van der Waals surface area (Å²) in [4.78, 5) is 0. The van der Waals surface area contributed by atoms with Gasteiger partial charge in [0.15, 0.2) is 0 Å². The summed E-state index contributed by atoms with van der Waals surface area (Å²) in [5.74, 6) is 0.528. The maximum atomic E-state index is 13.2. The van der Waals surface area contributed by atoms with Crippen LogP contribution in [0.25, 0.3) is 0 Å². The van der Waals surface area contributed by atoms with Gasteiger partial charge in [-0.15, -0.1) is 0 Å². The molecule has 0 aliphatic heterocycles. The highest BCUT2D eigenvalue weighted by atomic mass is 35.5. The lowest BCUT2D eigenvalue weighted by atomic mass is 9.67. The van der Waals surface area contributed by atoms with E-state index in [4.69, 9.17) is 17.3 Å². The van der Waals surface area contributed by atoms with Crippen molar-refractivity contribution in [2.75, 3.05) is 6.54 Å². The molecule has 1 aromatic carbocycles. The second-order valence-electron chi connectivity index (χ2n) is 6.36. The number of hydrogen-bond donors (Lipinski definition) is 1. The number of halogens is 2. The minimum atomic E-state index is -0.344. The first-order chi connectivity index (χ1) is 9.58. The molecule has 1 aliphatic carbocycles. The standard InChI is InChI=1S/C17H25ClFN/c1-2-3-13-6-8-17(12-20,9-7-13)11-14-4-5-16(19)15(18)10-14/h4-5,10,13H,2-3,6-9,11-12,20H2,1H3. The van der Waals surface area contributed by atoms with E-state index in [-0.39, 0.29) is 16.3 Å². The SMILES string of the molecule is CCCC1CCC(CN)(Cc2ccc(F)c(Cl)c2)CC1. The topological polar surface area (TPSA) is 26.0 Å². The molecule has 0 spiro atoms. The van der Waals surface area contributed by atoms with Crippen LogP contribution in [0.15, 0.2) is 18.2 Å². The molecule has 0 saturated heterocycles. The summed E-state index contributed by atoms with van der Waals surface area (Å²) in [7, 11) is 0. The van der Waals surface area contributed by atoms with Crippen LogP contribution in [0.2, 0.25) is 5.02 Å². The van der Waals surface area contributed by atoms with Crippen molar-refractivity contribution in [2.45, 2.75) is 51.9 Å². The van der Waals surface area contributed by atoms with Gasteiger partial charge in [-0.3, -0.25) is 0 Å². The molecule has 1 aliphatic rings. The second-order valence-corrected chi connectivity index (χ2v) is 6.77. The van der Waals surface area contributed by atoms with Crippen LogP contribution < -0.4 is 5.73 Å². The van der Waals surface area contributed by atoms with Crippen LogP contribution in [0, 0.1) is 17.2 Å². The van der Waals surface area contributed by atoms with Gasteiger partial charge >= 0.3 is 0 Å². The molecule has 0 amide bonds. The van der Waals surface area contributed by atoms with E-state index in [1.807, 2.05) is 6.07 Å². The molecule has 0 radical (unpaired) electrons. The Balaban J connectivity index is 2.03. The summed E-state index contributed by atoms with van der Waals surface area (Å²) in [6.45, 7) is 2.96. The van der Waals surface area contributed by atoms with Crippen molar-refractivity contribution in [1.82, 2.24) is 0 Å². The Morgan fingerprint density at radius 2 is 2.05 bits per heavy atom. The Morgan fingerprint density at radius 3 is 2.60 bits per heavy atom. The normalized spacial score (nSPS) is 26.7. The van der Waals surface area contributed by atoms with E-state index in [0.717, 1.165) is 17.9 Å². The maximum absolute atomic E-state index is 13.2. The van der Waals surface area contributed by atoms with E-state index in [9.17, 15) is 4.39 Å². The van der Waals surface area contributed by atoms with Crippen molar-refractivity contribution < 1.29 is 4.39 Å². The first kappa shape index (κ1) is 15.8. The van der Waals surface area contributed by atoms with Crippen LogP contribution in [0.4, 0.5) is 4.39 Å². The van der Waals surface area contributed by atoms with Gasteiger partial charge in [0.05, 0.1) is 5.02 Å². The third-order valence-electron chi connectivity index (χ3n) is 4.86. The molecule has 0 aromatic heterocycles. The molecule has 0 heterocycles. The molecule has 3 heteroatoms. The maximum Gasteiger partial charge on any atom is 0.141 e. The average Bonchev–Trinajstić information content (AvgIpc) is 2.46. The molecule has 2 rings (SSSR count). The number of rotatable bonds is 5. The molecule has 0 atom stereocenters. The van der Waals surface area contributed by atoms with Crippen LogP contribution in [0.5, 0.6) is 0 Å². The van der Waals surface area contributed by atoms with Crippen LogP contribution in [-0.4, -0.2) is 6.54 Å². The molecule has 1 fully saturated rings. The van der Waals surface area contributed by atoms with Crippen molar-refractivity contribution in [2.24, 2.45) is 17.1 Å². The summed E-state index contributed by atoms with van der Waals surface area (Å²) in [5.41, 5.74) is 7.36. The highest BCUT2D eigenvalue weighted by molar-refractivity contribution is 6.30. The Bertz CT molecular complexity index is 439. The molecule has 0 bridgehead atoms. The molecule has 2 N–H and O–H groups in total. The van der Waals surface area contributed by atoms with Gasteiger partial charge < -0.3 is 5.73 Å². The highest BCUT2D eigenvalue weighted by Gasteiger charge is 2.34. The Labute approximate surface area is 126 Å². The summed E-state index contributed by atoms with van der Waals surface area (Å²) in [6.07, 6.45) is 8.45. The fourth-order valence-electron chi connectivity index (χ4n) is 3.52. The molecule has 1 nitrogen and oxygen atoms in total. The molecule has 20 heavy (non-hydrogen) atoms.